The third kappa shape index (κ3) is 3.88. The summed E-state index contributed by atoms with van der Waals surface area (Å²) < 4.78 is 0. The molecule has 3 rings (SSSR count). The number of nitrogens with zero attached hydrogens (tertiary/aromatic N) is 1. The Hall–Kier alpha value is -1.36. The van der Waals surface area contributed by atoms with Crippen LogP contribution in [0.5, 0.6) is 0 Å². The van der Waals surface area contributed by atoms with Gasteiger partial charge in [0.25, 0.3) is 0 Å². The molecule has 3 nitrogen and oxygen atoms in total. The number of nitrogens with one attached hydrogen (secondary N) is 1. The summed E-state index contributed by atoms with van der Waals surface area (Å²) >= 11 is 7.58. The van der Waals surface area contributed by atoms with Gasteiger partial charge in [-0.25, -0.2) is 0 Å². The number of hydrogen-bond donors (Lipinski definition) is 1. The molecule has 0 unspecified atom stereocenters. The maximum absolute atomic E-state index is 12.2. The van der Waals surface area contributed by atoms with Crippen molar-refractivity contribution in [1.82, 2.24) is 10.2 Å². The Kier molecular flexibility index (Phi) is 5.13. The van der Waals surface area contributed by atoms with E-state index in [1.807, 2.05) is 24.3 Å². The molecule has 0 saturated carbocycles. The van der Waals surface area contributed by atoms with Gasteiger partial charge in [0.2, 0.25) is 5.91 Å². The average molecular weight is 335 g/mol. The highest BCUT2D eigenvalue weighted by Gasteiger charge is 2.27. The molecule has 22 heavy (non-hydrogen) atoms. The fraction of sp³-hybridized carbons (Fsp3) is 0.353. The number of halogens is 1. The number of hydrogen-bond acceptors (Lipinski definition) is 3. The Balaban J connectivity index is 1.52. The quantitative estimate of drug-likeness (QED) is 0.900. The lowest BCUT2D eigenvalue weighted by atomic mass is 10.1. The van der Waals surface area contributed by atoms with Gasteiger partial charge in [0.1, 0.15) is 0 Å². The predicted octanol–water partition coefficient (Wildman–Crippen LogP) is 3.85. The molecule has 1 fully saturated rings. The molecular formula is C17H19ClN2OS. The van der Waals surface area contributed by atoms with Crippen LogP contribution < -0.4 is 5.32 Å². The fourth-order valence-electron chi connectivity index (χ4n) is 2.90. The van der Waals surface area contributed by atoms with Gasteiger partial charge < -0.3 is 5.32 Å². The third-order valence-electron chi connectivity index (χ3n) is 4.04. The number of amides is 1. The Morgan fingerprint density at radius 1 is 1.32 bits per heavy atom. The molecule has 2 heterocycles. The second-order valence-corrected chi connectivity index (χ2v) is 6.80. The number of likely N-dealkylation sites (tertiary alicyclic amines) is 1. The summed E-state index contributed by atoms with van der Waals surface area (Å²) in [5.41, 5.74) is 2.40. The van der Waals surface area contributed by atoms with Gasteiger partial charge in [-0.2, -0.15) is 11.3 Å². The van der Waals surface area contributed by atoms with E-state index in [1.165, 1.54) is 5.56 Å². The lowest BCUT2D eigenvalue weighted by Gasteiger charge is -2.23. The van der Waals surface area contributed by atoms with Gasteiger partial charge in [0.05, 0.1) is 6.54 Å². The van der Waals surface area contributed by atoms with Crippen LogP contribution in [0.2, 0.25) is 5.02 Å². The Labute approximate surface area is 139 Å². The fourth-order valence-corrected chi connectivity index (χ4v) is 3.73. The van der Waals surface area contributed by atoms with E-state index in [0.717, 1.165) is 24.9 Å². The van der Waals surface area contributed by atoms with Gasteiger partial charge in [0, 0.05) is 17.6 Å². The second kappa shape index (κ2) is 7.27. The summed E-state index contributed by atoms with van der Waals surface area (Å²) in [4.78, 5) is 14.5. The van der Waals surface area contributed by atoms with E-state index >= 15 is 0 Å². The van der Waals surface area contributed by atoms with E-state index < -0.39 is 0 Å². The molecule has 5 heteroatoms. The van der Waals surface area contributed by atoms with E-state index in [2.05, 4.69) is 27.0 Å². The van der Waals surface area contributed by atoms with Crippen LogP contribution in [0.1, 0.15) is 30.0 Å². The van der Waals surface area contributed by atoms with Crippen molar-refractivity contribution in [3.63, 3.8) is 0 Å². The zero-order valence-electron chi connectivity index (χ0n) is 12.3. The van der Waals surface area contributed by atoms with Gasteiger partial charge in [-0.05, 0) is 59.5 Å². The Bertz CT molecular complexity index is 612. The molecule has 1 saturated heterocycles. The highest BCUT2D eigenvalue weighted by atomic mass is 35.5. The van der Waals surface area contributed by atoms with Crippen molar-refractivity contribution in [2.75, 3.05) is 13.1 Å². The predicted molar refractivity (Wildman–Crippen MR) is 91.2 cm³/mol. The van der Waals surface area contributed by atoms with Crippen molar-refractivity contribution in [2.24, 2.45) is 0 Å². The highest BCUT2D eigenvalue weighted by Crippen LogP contribution is 2.32. The zero-order chi connectivity index (χ0) is 15.4. The SMILES string of the molecule is O=C(CN1CCC[C@H]1c1ccsc1)NCc1ccc(Cl)cc1. The molecule has 1 atom stereocenters. The summed E-state index contributed by atoms with van der Waals surface area (Å²) in [5, 5.41) is 8.00. The van der Waals surface area contributed by atoms with Crippen molar-refractivity contribution in [3.05, 3.63) is 57.2 Å². The van der Waals surface area contributed by atoms with Gasteiger partial charge in [-0.15, -0.1) is 0 Å². The third-order valence-corrected chi connectivity index (χ3v) is 4.99. The Morgan fingerprint density at radius 2 is 2.14 bits per heavy atom. The molecular weight excluding hydrogens is 316 g/mol. The molecule has 0 aliphatic carbocycles. The molecule has 0 bridgehead atoms. The van der Waals surface area contributed by atoms with E-state index in [9.17, 15) is 4.79 Å². The van der Waals surface area contributed by atoms with Crippen molar-refractivity contribution in [3.8, 4) is 0 Å². The van der Waals surface area contributed by atoms with Crippen LogP contribution in [0.25, 0.3) is 0 Å². The first-order chi connectivity index (χ1) is 10.7. The Morgan fingerprint density at radius 3 is 2.86 bits per heavy atom. The molecule has 116 valence electrons. The van der Waals surface area contributed by atoms with Gasteiger partial charge >= 0.3 is 0 Å². The molecule has 1 aromatic heterocycles. The van der Waals surface area contributed by atoms with Crippen LogP contribution in [0.3, 0.4) is 0 Å². The van der Waals surface area contributed by atoms with Crippen LogP contribution in [0, 0.1) is 0 Å². The van der Waals surface area contributed by atoms with Crippen LogP contribution in [0.15, 0.2) is 41.1 Å². The number of carbonyl (C=O) groups excluding carboxylic acids is 1. The standard InChI is InChI=1S/C17H19ClN2OS/c18-15-5-3-13(4-6-15)10-19-17(21)11-20-8-1-2-16(20)14-7-9-22-12-14/h3-7,9,12,16H,1-2,8,10-11H2,(H,19,21)/t16-/m0/s1. The van der Waals surface area contributed by atoms with E-state index in [0.29, 0.717) is 24.2 Å². The smallest absolute Gasteiger partial charge is 0.234 e. The van der Waals surface area contributed by atoms with Crippen molar-refractivity contribution >= 4 is 28.8 Å². The summed E-state index contributed by atoms with van der Waals surface area (Å²) in [6.07, 6.45) is 2.30. The summed E-state index contributed by atoms with van der Waals surface area (Å²) in [7, 11) is 0. The summed E-state index contributed by atoms with van der Waals surface area (Å²) in [6.45, 7) is 2.01. The monoisotopic (exact) mass is 334 g/mol. The second-order valence-electron chi connectivity index (χ2n) is 5.59. The zero-order valence-corrected chi connectivity index (χ0v) is 13.9. The van der Waals surface area contributed by atoms with Gasteiger partial charge in [-0.3, -0.25) is 9.69 Å². The number of benzene rings is 1. The summed E-state index contributed by atoms with van der Waals surface area (Å²) in [5.74, 6) is 0.0806. The van der Waals surface area contributed by atoms with E-state index in [1.54, 1.807) is 11.3 Å². The average Bonchev–Trinajstić information content (AvgIpc) is 3.17. The van der Waals surface area contributed by atoms with Crippen LogP contribution >= 0.6 is 22.9 Å². The molecule has 1 aromatic carbocycles. The highest BCUT2D eigenvalue weighted by molar-refractivity contribution is 7.07. The van der Waals surface area contributed by atoms with Crippen molar-refractivity contribution < 1.29 is 4.79 Å². The maximum atomic E-state index is 12.2. The van der Waals surface area contributed by atoms with Crippen LogP contribution in [-0.2, 0) is 11.3 Å². The van der Waals surface area contributed by atoms with E-state index in [-0.39, 0.29) is 5.91 Å². The van der Waals surface area contributed by atoms with Gasteiger partial charge in [-0.1, -0.05) is 23.7 Å². The molecule has 2 aromatic rings. The minimum absolute atomic E-state index is 0.0806. The van der Waals surface area contributed by atoms with Crippen LogP contribution in [-0.4, -0.2) is 23.9 Å². The number of carbonyl (C=O) groups is 1. The topological polar surface area (TPSA) is 32.3 Å². The van der Waals surface area contributed by atoms with Crippen molar-refractivity contribution in [1.29, 1.82) is 0 Å². The number of rotatable bonds is 5. The lowest BCUT2D eigenvalue weighted by Crippen LogP contribution is -2.36. The molecule has 1 aliphatic rings. The lowest BCUT2D eigenvalue weighted by molar-refractivity contribution is -0.122. The molecule has 0 spiro atoms. The first-order valence-electron chi connectivity index (χ1n) is 7.49. The molecule has 1 amide bonds. The number of thiophene rings is 1. The first-order valence-corrected chi connectivity index (χ1v) is 8.82. The largest absolute Gasteiger partial charge is 0.351 e. The normalized spacial score (nSPS) is 18.5. The van der Waals surface area contributed by atoms with Gasteiger partial charge in [0.15, 0.2) is 0 Å². The van der Waals surface area contributed by atoms with Crippen molar-refractivity contribution in [2.45, 2.75) is 25.4 Å². The van der Waals surface area contributed by atoms with E-state index in [4.69, 9.17) is 11.6 Å². The van der Waals surface area contributed by atoms with Crippen LogP contribution in [0.4, 0.5) is 0 Å². The minimum Gasteiger partial charge on any atom is -0.351 e. The molecule has 1 aliphatic heterocycles. The minimum atomic E-state index is 0.0806. The first kappa shape index (κ1) is 15.5. The maximum Gasteiger partial charge on any atom is 0.234 e. The molecule has 0 radical (unpaired) electrons. The summed E-state index contributed by atoms with van der Waals surface area (Å²) in [6, 6.07) is 10.1. The molecule has 1 N–H and O–H groups in total.